The van der Waals surface area contributed by atoms with Crippen LogP contribution in [0.25, 0.3) is 0 Å². The summed E-state index contributed by atoms with van der Waals surface area (Å²) in [6.07, 6.45) is 11.6. The molecule has 1 aromatic carbocycles. The number of thiocarbonyl (C=S) groups is 1. The Bertz CT molecular complexity index is 550. The second kappa shape index (κ2) is 10.0. The zero-order chi connectivity index (χ0) is 17.4. The molecule has 0 saturated heterocycles. The van der Waals surface area contributed by atoms with Crippen molar-refractivity contribution in [3.8, 4) is 0 Å². The fraction of sp³-hybridized carbons (Fsp3) is 0.650. The number of hydrogen-bond acceptors (Lipinski definition) is 2. The number of unbranched alkanes of at least 4 members (excludes halogenated alkanes) is 2. The molecule has 0 heterocycles. The topological polar surface area (TPSA) is 12.4 Å². The molecule has 132 valence electrons. The van der Waals surface area contributed by atoms with Gasteiger partial charge in [0.05, 0.1) is 10.8 Å². The van der Waals surface area contributed by atoms with Gasteiger partial charge in [0, 0.05) is 17.7 Å². The minimum atomic E-state index is -0.521. The summed E-state index contributed by atoms with van der Waals surface area (Å²) < 4.78 is 28.1. The molecule has 0 aliphatic heterocycles. The first-order valence-corrected chi connectivity index (χ1v) is 9.60. The summed E-state index contributed by atoms with van der Waals surface area (Å²) >= 11 is 4.47. The van der Waals surface area contributed by atoms with Crippen LogP contribution < -0.4 is 0 Å². The SMILES string of the molecule is CCCCCC1CCC(CCc2c(F)cc(N=C=S)cc2F)CC1. The van der Waals surface area contributed by atoms with E-state index in [9.17, 15) is 8.78 Å². The number of benzene rings is 1. The molecule has 4 heteroatoms. The smallest absolute Gasteiger partial charge is 0.131 e. The molecule has 0 spiro atoms. The quantitative estimate of drug-likeness (QED) is 0.278. The van der Waals surface area contributed by atoms with Gasteiger partial charge in [-0.15, -0.1) is 0 Å². The maximum Gasteiger partial charge on any atom is 0.131 e. The molecule has 1 saturated carbocycles. The average Bonchev–Trinajstić information content (AvgIpc) is 2.56. The molecule has 1 aliphatic rings. The number of nitrogens with zero attached hydrogens (tertiary/aromatic N) is 1. The minimum absolute atomic E-state index is 0.184. The first-order valence-electron chi connectivity index (χ1n) is 9.19. The lowest BCUT2D eigenvalue weighted by Gasteiger charge is -2.28. The van der Waals surface area contributed by atoms with Crippen molar-refractivity contribution >= 4 is 23.1 Å². The molecule has 24 heavy (non-hydrogen) atoms. The number of isothiocyanates is 1. The fourth-order valence-electron chi connectivity index (χ4n) is 3.79. The van der Waals surface area contributed by atoms with E-state index in [0.29, 0.717) is 12.3 Å². The van der Waals surface area contributed by atoms with Crippen LogP contribution in [0.1, 0.15) is 70.3 Å². The predicted octanol–water partition coefficient (Wildman–Crippen LogP) is 7.02. The Kier molecular flexibility index (Phi) is 8.01. The van der Waals surface area contributed by atoms with Crippen LogP contribution in [0.2, 0.25) is 0 Å². The third-order valence-corrected chi connectivity index (χ3v) is 5.38. The Morgan fingerprint density at radius 3 is 2.17 bits per heavy atom. The first-order chi connectivity index (χ1) is 11.6. The third kappa shape index (κ3) is 5.75. The Balaban J connectivity index is 1.81. The van der Waals surface area contributed by atoms with E-state index < -0.39 is 11.6 Å². The van der Waals surface area contributed by atoms with E-state index >= 15 is 0 Å². The van der Waals surface area contributed by atoms with Gasteiger partial charge < -0.3 is 0 Å². The summed E-state index contributed by atoms with van der Waals surface area (Å²) in [6.45, 7) is 2.24. The number of hydrogen-bond donors (Lipinski definition) is 0. The molecular weight excluding hydrogens is 324 g/mol. The molecule has 0 atom stereocenters. The van der Waals surface area contributed by atoms with Gasteiger partial charge in [-0.25, -0.2) is 8.78 Å². The third-order valence-electron chi connectivity index (χ3n) is 5.29. The highest BCUT2D eigenvalue weighted by molar-refractivity contribution is 7.78. The largest absolute Gasteiger partial charge is 0.207 e. The predicted molar refractivity (Wildman–Crippen MR) is 99.0 cm³/mol. The average molecular weight is 352 g/mol. The highest BCUT2D eigenvalue weighted by atomic mass is 32.1. The summed E-state index contributed by atoms with van der Waals surface area (Å²) in [4.78, 5) is 3.64. The van der Waals surface area contributed by atoms with Gasteiger partial charge in [-0.1, -0.05) is 58.3 Å². The number of halogens is 2. The molecule has 1 fully saturated rings. The molecule has 0 amide bonds. The maximum absolute atomic E-state index is 14.1. The Morgan fingerprint density at radius 2 is 1.62 bits per heavy atom. The van der Waals surface area contributed by atoms with Gasteiger partial charge in [0.15, 0.2) is 0 Å². The molecule has 0 aromatic heterocycles. The van der Waals surface area contributed by atoms with Crippen molar-refractivity contribution in [2.75, 3.05) is 0 Å². The van der Waals surface area contributed by atoms with Crippen LogP contribution in [0.4, 0.5) is 14.5 Å². The van der Waals surface area contributed by atoms with Crippen LogP contribution in [0.15, 0.2) is 17.1 Å². The van der Waals surface area contributed by atoms with Crippen molar-refractivity contribution in [1.82, 2.24) is 0 Å². The van der Waals surface area contributed by atoms with Gasteiger partial charge in [0.25, 0.3) is 0 Å². The number of aliphatic imine (C=N–C) groups is 1. The molecule has 1 nitrogen and oxygen atoms in total. The van der Waals surface area contributed by atoms with Crippen LogP contribution in [-0.4, -0.2) is 5.16 Å². The highest BCUT2D eigenvalue weighted by Gasteiger charge is 2.21. The van der Waals surface area contributed by atoms with E-state index in [4.69, 9.17) is 0 Å². The second-order valence-electron chi connectivity index (χ2n) is 7.01. The second-order valence-corrected chi connectivity index (χ2v) is 7.19. The molecule has 0 unspecified atom stereocenters. The van der Waals surface area contributed by atoms with E-state index in [1.54, 1.807) is 0 Å². The van der Waals surface area contributed by atoms with Crippen LogP contribution in [0.5, 0.6) is 0 Å². The molecule has 2 rings (SSSR count). The lowest BCUT2D eigenvalue weighted by molar-refractivity contribution is 0.248. The Labute approximate surface area is 149 Å². The first kappa shape index (κ1) is 19.2. The van der Waals surface area contributed by atoms with Crippen molar-refractivity contribution in [1.29, 1.82) is 0 Å². The van der Waals surface area contributed by atoms with E-state index in [-0.39, 0.29) is 11.3 Å². The Morgan fingerprint density at radius 1 is 1.04 bits per heavy atom. The maximum atomic E-state index is 14.1. The van der Waals surface area contributed by atoms with Gasteiger partial charge in [-0.05, 0) is 36.9 Å². The van der Waals surface area contributed by atoms with Gasteiger partial charge in [-0.2, -0.15) is 4.99 Å². The van der Waals surface area contributed by atoms with Crippen molar-refractivity contribution in [3.05, 3.63) is 29.3 Å². The summed E-state index contributed by atoms with van der Waals surface area (Å²) in [6, 6.07) is 2.48. The molecule has 0 radical (unpaired) electrons. The van der Waals surface area contributed by atoms with Gasteiger partial charge in [0.2, 0.25) is 0 Å². The lowest BCUT2D eigenvalue weighted by Crippen LogP contribution is -2.15. The molecule has 1 aromatic rings. The van der Waals surface area contributed by atoms with Gasteiger partial charge >= 0.3 is 0 Å². The Hall–Kier alpha value is -1.12. The molecule has 1 aliphatic carbocycles. The van der Waals surface area contributed by atoms with E-state index in [2.05, 4.69) is 29.3 Å². The highest BCUT2D eigenvalue weighted by Crippen LogP contribution is 2.35. The zero-order valence-corrected chi connectivity index (χ0v) is 15.3. The lowest BCUT2D eigenvalue weighted by atomic mass is 9.77. The van der Waals surface area contributed by atoms with Gasteiger partial charge in [-0.3, -0.25) is 0 Å². The van der Waals surface area contributed by atoms with Crippen LogP contribution in [-0.2, 0) is 6.42 Å². The van der Waals surface area contributed by atoms with Gasteiger partial charge in [0.1, 0.15) is 11.6 Å². The minimum Gasteiger partial charge on any atom is -0.207 e. The van der Waals surface area contributed by atoms with Crippen molar-refractivity contribution < 1.29 is 8.78 Å². The van der Waals surface area contributed by atoms with E-state index in [1.807, 2.05) is 0 Å². The number of rotatable bonds is 8. The monoisotopic (exact) mass is 351 g/mol. The van der Waals surface area contributed by atoms with Crippen LogP contribution in [0.3, 0.4) is 0 Å². The fourth-order valence-corrected chi connectivity index (χ4v) is 3.89. The van der Waals surface area contributed by atoms with Crippen LogP contribution in [0, 0.1) is 23.5 Å². The van der Waals surface area contributed by atoms with Crippen LogP contribution >= 0.6 is 12.2 Å². The van der Waals surface area contributed by atoms with Crippen molar-refractivity contribution in [2.24, 2.45) is 16.8 Å². The summed E-state index contributed by atoms with van der Waals surface area (Å²) in [7, 11) is 0. The zero-order valence-electron chi connectivity index (χ0n) is 14.5. The van der Waals surface area contributed by atoms with E-state index in [0.717, 1.165) is 12.3 Å². The van der Waals surface area contributed by atoms with Crippen molar-refractivity contribution in [3.63, 3.8) is 0 Å². The summed E-state index contributed by atoms with van der Waals surface area (Å²) in [5.41, 5.74) is 0.375. The molecule has 0 N–H and O–H groups in total. The summed E-state index contributed by atoms with van der Waals surface area (Å²) in [5, 5.41) is 2.14. The standard InChI is InChI=1S/C20H27F2NS/c1-2-3-4-5-15-6-8-16(9-7-15)10-11-18-19(21)12-17(23-14-24)13-20(18)22/h12-13,15-16H,2-11H2,1H3. The molecule has 0 bridgehead atoms. The molecular formula is C20H27F2NS. The van der Waals surface area contributed by atoms with E-state index in [1.165, 1.54) is 63.5 Å². The summed E-state index contributed by atoms with van der Waals surface area (Å²) in [5.74, 6) is 0.428. The van der Waals surface area contributed by atoms with Crippen molar-refractivity contribution in [2.45, 2.75) is 71.1 Å². The normalized spacial score (nSPS) is 20.6.